The van der Waals surface area contributed by atoms with Gasteiger partial charge >= 0.3 is 0 Å². The van der Waals surface area contributed by atoms with Crippen LogP contribution in [0.2, 0.25) is 0 Å². The maximum Gasteiger partial charge on any atom is 0.224 e. The van der Waals surface area contributed by atoms with E-state index in [0.717, 1.165) is 30.6 Å². The minimum absolute atomic E-state index is 0.187. The van der Waals surface area contributed by atoms with Crippen molar-refractivity contribution >= 4 is 5.95 Å². The van der Waals surface area contributed by atoms with Gasteiger partial charge in [-0.05, 0) is 0 Å². The van der Waals surface area contributed by atoms with Gasteiger partial charge in [-0.25, -0.2) is 4.98 Å². The van der Waals surface area contributed by atoms with Crippen LogP contribution in [0.3, 0.4) is 0 Å². The fourth-order valence-electron chi connectivity index (χ4n) is 1.99. The third-order valence-electron chi connectivity index (χ3n) is 2.85. The van der Waals surface area contributed by atoms with Gasteiger partial charge in [0.15, 0.2) is 5.82 Å². The molecule has 6 nitrogen and oxygen atoms in total. The molecule has 6 heteroatoms. The molecular formula is C11H14N6. The van der Waals surface area contributed by atoms with E-state index >= 15 is 0 Å². The van der Waals surface area contributed by atoms with Gasteiger partial charge < -0.3 is 5.32 Å². The third-order valence-corrected chi connectivity index (χ3v) is 2.85. The Bertz CT molecular complexity index is 530. The van der Waals surface area contributed by atoms with Gasteiger partial charge in [0.1, 0.15) is 5.69 Å². The molecule has 1 aliphatic heterocycles. The van der Waals surface area contributed by atoms with Crippen LogP contribution >= 0.6 is 0 Å². The topological polar surface area (TPSA) is 68.5 Å². The molecule has 0 unspecified atom stereocenters. The molecule has 0 amide bonds. The molecule has 1 N–H and O–H groups in total. The standard InChI is InChI=1S/C11H14N6/c1-11(2)6-14-10-16-15-9(17(10)7-11)8-5-12-3-4-13-8/h3-5H,6-7H2,1-2H3,(H,14,16). The van der Waals surface area contributed by atoms with Gasteiger partial charge in [0.25, 0.3) is 0 Å². The summed E-state index contributed by atoms with van der Waals surface area (Å²) in [4.78, 5) is 8.33. The van der Waals surface area contributed by atoms with E-state index in [1.807, 2.05) is 0 Å². The smallest absolute Gasteiger partial charge is 0.224 e. The predicted octanol–water partition coefficient (Wildman–Crippen LogP) is 1.19. The first-order valence-electron chi connectivity index (χ1n) is 5.59. The highest BCUT2D eigenvalue weighted by Crippen LogP contribution is 2.29. The molecule has 0 saturated heterocycles. The fourth-order valence-corrected chi connectivity index (χ4v) is 1.99. The monoisotopic (exact) mass is 230 g/mol. The molecule has 0 aliphatic carbocycles. The highest BCUT2D eigenvalue weighted by Gasteiger charge is 2.28. The largest absolute Gasteiger partial charge is 0.354 e. The molecule has 0 saturated carbocycles. The lowest BCUT2D eigenvalue weighted by molar-refractivity contribution is 0.311. The van der Waals surface area contributed by atoms with Crippen molar-refractivity contribution in [1.29, 1.82) is 0 Å². The maximum atomic E-state index is 4.26. The van der Waals surface area contributed by atoms with Crippen molar-refractivity contribution in [3.63, 3.8) is 0 Å². The molecular weight excluding hydrogens is 216 g/mol. The summed E-state index contributed by atoms with van der Waals surface area (Å²) in [7, 11) is 0. The van der Waals surface area contributed by atoms with E-state index in [-0.39, 0.29) is 5.41 Å². The molecule has 0 radical (unpaired) electrons. The molecule has 17 heavy (non-hydrogen) atoms. The molecule has 1 aliphatic rings. The van der Waals surface area contributed by atoms with Crippen molar-refractivity contribution in [2.45, 2.75) is 20.4 Å². The highest BCUT2D eigenvalue weighted by atomic mass is 15.4. The number of hydrogen-bond donors (Lipinski definition) is 1. The lowest BCUT2D eigenvalue weighted by Gasteiger charge is -2.31. The molecule has 0 spiro atoms. The Morgan fingerprint density at radius 1 is 1.29 bits per heavy atom. The van der Waals surface area contributed by atoms with Gasteiger partial charge in [-0.15, -0.1) is 10.2 Å². The summed E-state index contributed by atoms with van der Waals surface area (Å²) >= 11 is 0. The van der Waals surface area contributed by atoms with Crippen LogP contribution in [0.15, 0.2) is 18.6 Å². The Hall–Kier alpha value is -1.98. The van der Waals surface area contributed by atoms with Crippen molar-refractivity contribution in [3.8, 4) is 11.5 Å². The number of nitrogens with one attached hydrogen (secondary N) is 1. The van der Waals surface area contributed by atoms with E-state index in [0.29, 0.717) is 0 Å². The predicted molar refractivity (Wildman–Crippen MR) is 63.3 cm³/mol. The zero-order valence-corrected chi connectivity index (χ0v) is 9.88. The van der Waals surface area contributed by atoms with Crippen LogP contribution in [-0.4, -0.2) is 31.3 Å². The Morgan fingerprint density at radius 2 is 2.18 bits per heavy atom. The van der Waals surface area contributed by atoms with Crippen LogP contribution in [0.4, 0.5) is 5.95 Å². The minimum atomic E-state index is 0.187. The van der Waals surface area contributed by atoms with Gasteiger partial charge in [-0.1, -0.05) is 13.8 Å². The zero-order valence-electron chi connectivity index (χ0n) is 9.88. The molecule has 0 bridgehead atoms. The second-order valence-electron chi connectivity index (χ2n) is 5.04. The summed E-state index contributed by atoms with van der Waals surface area (Å²) in [5, 5.41) is 11.6. The summed E-state index contributed by atoms with van der Waals surface area (Å²) in [6.45, 7) is 6.21. The summed E-state index contributed by atoms with van der Waals surface area (Å²) < 4.78 is 2.06. The Balaban J connectivity index is 2.07. The quantitative estimate of drug-likeness (QED) is 0.796. The van der Waals surface area contributed by atoms with Crippen LogP contribution in [0.25, 0.3) is 11.5 Å². The molecule has 0 atom stereocenters. The van der Waals surface area contributed by atoms with E-state index in [4.69, 9.17) is 0 Å². The van der Waals surface area contributed by atoms with E-state index in [2.05, 4.69) is 43.9 Å². The second kappa shape index (κ2) is 3.51. The number of rotatable bonds is 1. The fraction of sp³-hybridized carbons (Fsp3) is 0.455. The van der Waals surface area contributed by atoms with E-state index in [1.54, 1.807) is 18.6 Å². The average molecular weight is 230 g/mol. The second-order valence-corrected chi connectivity index (χ2v) is 5.04. The number of anilines is 1. The third kappa shape index (κ3) is 1.75. The Labute approximate surface area is 99.1 Å². The van der Waals surface area contributed by atoms with Crippen molar-refractivity contribution in [2.24, 2.45) is 5.41 Å². The van der Waals surface area contributed by atoms with Gasteiger partial charge in [0, 0.05) is 30.9 Å². The Kier molecular flexibility index (Phi) is 2.10. The summed E-state index contributed by atoms with van der Waals surface area (Å²) in [5.74, 6) is 1.58. The molecule has 88 valence electrons. The van der Waals surface area contributed by atoms with Crippen molar-refractivity contribution in [2.75, 3.05) is 11.9 Å². The van der Waals surface area contributed by atoms with Crippen LogP contribution in [0, 0.1) is 5.41 Å². The van der Waals surface area contributed by atoms with E-state index < -0.39 is 0 Å². The van der Waals surface area contributed by atoms with Crippen molar-refractivity contribution in [3.05, 3.63) is 18.6 Å². The molecule has 3 heterocycles. The van der Waals surface area contributed by atoms with Gasteiger partial charge in [-0.2, -0.15) is 0 Å². The van der Waals surface area contributed by atoms with Crippen molar-refractivity contribution < 1.29 is 0 Å². The van der Waals surface area contributed by atoms with Crippen LogP contribution in [-0.2, 0) is 6.54 Å². The molecule has 3 rings (SSSR count). The summed E-state index contributed by atoms with van der Waals surface area (Å²) in [5.41, 5.74) is 0.942. The number of fused-ring (bicyclic) bond motifs is 1. The van der Waals surface area contributed by atoms with Gasteiger partial charge in [-0.3, -0.25) is 9.55 Å². The van der Waals surface area contributed by atoms with Crippen molar-refractivity contribution in [1.82, 2.24) is 24.7 Å². The van der Waals surface area contributed by atoms with E-state index in [1.165, 1.54) is 0 Å². The lowest BCUT2D eigenvalue weighted by Crippen LogP contribution is -2.34. The Morgan fingerprint density at radius 3 is 2.94 bits per heavy atom. The first-order chi connectivity index (χ1) is 8.16. The van der Waals surface area contributed by atoms with Gasteiger partial charge in [0.05, 0.1) is 6.20 Å². The SMILES string of the molecule is CC1(C)CNc2nnc(-c3cnccn3)n2C1. The van der Waals surface area contributed by atoms with Gasteiger partial charge in [0.2, 0.25) is 5.95 Å². The summed E-state index contributed by atoms with van der Waals surface area (Å²) in [6, 6.07) is 0. The first kappa shape index (κ1) is 10.2. The molecule has 0 aromatic carbocycles. The average Bonchev–Trinajstić information content (AvgIpc) is 2.71. The number of hydrogen-bond acceptors (Lipinski definition) is 5. The molecule has 2 aromatic heterocycles. The van der Waals surface area contributed by atoms with Crippen LogP contribution in [0.5, 0.6) is 0 Å². The maximum absolute atomic E-state index is 4.26. The summed E-state index contributed by atoms with van der Waals surface area (Å²) in [6.07, 6.45) is 5.02. The zero-order chi connectivity index (χ0) is 11.9. The van der Waals surface area contributed by atoms with Crippen LogP contribution < -0.4 is 5.32 Å². The number of nitrogens with zero attached hydrogens (tertiary/aromatic N) is 5. The highest BCUT2D eigenvalue weighted by molar-refractivity contribution is 5.51. The molecule has 0 fully saturated rings. The van der Waals surface area contributed by atoms with E-state index in [9.17, 15) is 0 Å². The number of aromatic nitrogens is 5. The normalized spacial score (nSPS) is 17.3. The first-order valence-corrected chi connectivity index (χ1v) is 5.59. The van der Waals surface area contributed by atoms with Crippen LogP contribution in [0.1, 0.15) is 13.8 Å². The lowest BCUT2D eigenvalue weighted by atomic mass is 9.92. The minimum Gasteiger partial charge on any atom is -0.354 e. The molecule has 2 aromatic rings.